The predicted octanol–water partition coefficient (Wildman–Crippen LogP) is 6.91. The van der Waals surface area contributed by atoms with Gasteiger partial charge in [0.15, 0.2) is 5.16 Å². The normalized spacial score (nSPS) is 12.6. The van der Waals surface area contributed by atoms with Crippen LogP contribution in [0, 0.1) is 0 Å². The zero-order valence-corrected chi connectivity index (χ0v) is 15.1. The van der Waals surface area contributed by atoms with Gasteiger partial charge in [0.05, 0.1) is 21.1 Å². The molecule has 1 aromatic heterocycles. The molecule has 9 heteroatoms. The highest BCUT2D eigenvalue weighted by atomic mass is 35.5. The van der Waals surface area contributed by atoms with Crippen LogP contribution >= 0.6 is 46.6 Å². The molecular weight excluding hydrogens is 400 g/mol. The molecule has 0 spiro atoms. The van der Waals surface area contributed by atoms with E-state index in [2.05, 4.69) is 4.98 Å². The van der Waals surface area contributed by atoms with Crippen molar-refractivity contribution in [2.75, 3.05) is 6.26 Å². The van der Waals surface area contributed by atoms with Crippen molar-refractivity contribution in [1.82, 2.24) is 9.55 Å². The second-order valence-electron chi connectivity index (χ2n) is 4.67. The molecule has 0 saturated carbocycles. The van der Waals surface area contributed by atoms with Crippen LogP contribution in [0.4, 0.5) is 8.78 Å². The molecule has 0 saturated heterocycles. The van der Waals surface area contributed by atoms with Crippen LogP contribution in [-0.4, -0.2) is 15.8 Å². The first-order chi connectivity index (χ1) is 11.4. The average Bonchev–Trinajstić information content (AvgIpc) is 2.89. The predicted molar refractivity (Wildman–Crippen MR) is 94.3 cm³/mol. The Labute approximate surface area is 155 Å². The van der Waals surface area contributed by atoms with Crippen LogP contribution in [0.2, 0.25) is 15.1 Å². The molecule has 0 aliphatic carbocycles. The third-order valence-electron chi connectivity index (χ3n) is 3.22. The standard InChI is InChI=1S/C15H9Cl3F2N2OS/c1-24-15-21-9-6-12(8(17)5-10(9)22(15)14(19)20)23-11-4-2-3-7(16)13(11)18/h2-6,14H,1H3/i19-1. The average molecular weight is 409 g/mol. The number of ether oxygens (including phenoxy) is 1. The van der Waals surface area contributed by atoms with Crippen LogP contribution in [0.25, 0.3) is 11.0 Å². The molecule has 0 aliphatic heterocycles. The van der Waals surface area contributed by atoms with Gasteiger partial charge in [-0.1, -0.05) is 52.6 Å². The van der Waals surface area contributed by atoms with Gasteiger partial charge in [0, 0.05) is 6.07 Å². The van der Waals surface area contributed by atoms with Gasteiger partial charge in [0.25, 0.3) is 0 Å². The first-order valence-corrected chi connectivity index (χ1v) is 8.93. The molecule has 3 aromatic rings. The molecular formula is C15H9Cl3F2N2OS. The number of alkyl halides is 2. The molecule has 0 aliphatic rings. The third kappa shape index (κ3) is 3.16. The van der Waals surface area contributed by atoms with Crippen molar-refractivity contribution in [2.45, 2.75) is 11.7 Å². The lowest BCUT2D eigenvalue weighted by Gasteiger charge is -2.10. The Kier molecular flexibility index (Phi) is 5.11. The first kappa shape index (κ1) is 17.6. The van der Waals surface area contributed by atoms with Crippen LogP contribution in [0.1, 0.15) is 6.55 Å². The van der Waals surface area contributed by atoms with Crippen LogP contribution < -0.4 is 4.74 Å². The minimum atomic E-state index is -2.72. The molecule has 0 radical (unpaired) electrons. The van der Waals surface area contributed by atoms with E-state index < -0.39 is 6.55 Å². The monoisotopic (exact) mass is 407 g/mol. The van der Waals surface area contributed by atoms with E-state index in [1.54, 1.807) is 24.5 Å². The number of thioether (sulfide) groups is 1. The van der Waals surface area contributed by atoms with E-state index in [1.165, 1.54) is 12.1 Å². The summed E-state index contributed by atoms with van der Waals surface area (Å²) in [6.45, 7) is -2.72. The van der Waals surface area contributed by atoms with Gasteiger partial charge in [-0.25, -0.2) is 4.98 Å². The van der Waals surface area contributed by atoms with Crippen molar-refractivity contribution in [3.05, 3.63) is 45.4 Å². The number of hydrogen-bond acceptors (Lipinski definition) is 3. The molecule has 0 bridgehead atoms. The summed E-state index contributed by atoms with van der Waals surface area (Å²) < 4.78 is 33.0. The molecule has 3 nitrogen and oxygen atoms in total. The summed E-state index contributed by atoms with van der Waals surface area (Å²) in [4.78, 5) is 4.18. The molecule has 2 aromatic carbocycles. The molecule has 1 atom stereocenters. The number of nitrogens with zero attached hydrogens (tertiary/aromatic N) is 2. The highest BCUT2D eigenvalue weighted by Crippen LogP contribution is 2.39. The van der Waals surface area contributed by atoms with Gasteiger partial charge in [-0.05, 0) is 24.5 Å². The molecule has 0 fully saturated rings. The number of fused-ring (bicyclic) bond motifs is 1. The van der Waals surface area contributed by atoms with E-state index in [0.29, 0.717) is 16.3 Å². The fourth-order valence-electron chi connectivity index (χ4n) is 2.17. The summed E-state index contributed by atoms with van der Waals surface area (Å²) >= 11 is 19.3. The minimum Gasteiger partial charge on any atom is -0.454 e. The molecule has 0 N–H and O–H groups in total. The highest BCUT2D eigenvalue weighted by Gasteiger charge is 2.20. The Morgan fingerprint density at radius 3 is 2.54 bits per heavy atom. The maximum absolute atomic E-state index is 13.3. The van der Waals surface area contributed by atoms with E-state index in [4.69, 9.17) is 39.5 Å². The lowest BCUT2D eigenvalue weighted by atomic mass is 10.3. The zero-order valence-electron chi connectivity index (χ0n) is 12.1. The number of rotatable bonds is 4. The zero-order chi connectivity index (χ0) is 17.4. The summed E-state index contributed by atoms with van der Waals surface area (Å²) in [5.41, 5.74) is 0.570. The van der Waals surface area contributed by atoms with Crippen molar-refractivity contribution < 1.29 is 13.5 Å². The van der Waals surface area contributed by atoms with Gasteiger partial charge in [-0.15, -0.1) is 0 Å². The van der Waals surface area contributed by atoms with Gasteiger partial charge in [-0.3, -0.25) is 4.57 Å². The smallest absolute Gasteiger partial charge is 0.321 e. The van der Waals surface area contributed by atoms with Gasteiger partial charge in [0.2, 0.25) is 0 Å². The first-order valence-electron chi connectivity index (χ1n) is 6.58. The highest BCUT2D eigenvalue weighted by molar-refractivity contribution is 7.98. The van der Waals surface area contributed by atoms with Gasteiger partial charge >= 0.3 is 6.55 Å². The van der Waals surface area contributed by atoms with Crippen LogP contribution in [0.3, 0.4) is 0 Å². The van der Waals surface area contributed by atoms with Gasteiger partial charge < -0.3 is 4.74 Å². The van der Waals surface area contributed by atoms with E-state index in [1.807, 2.05) is 0 Å². The molecule has 0 amide bonds. The molecule has 3 rings (SSSR count). The lowest BCUT2D eigenvalue weighted by molar-refractivity contribution is 0.0656. The van der Waals surface area contributed by atoms with Crippen LogP contribution in [0.15, 0.2) is 35.5 Å². The molecule has 1 unspecified atom stereocenters. The topological polar surface area (TPSA) is 27.1 Å². The van der Waals surface area contributed by atoms with E-state index in [-0.39, 0.29) is 26.5 Å². The number of benzene rings is 2. The lowest BCUT2D eigenvalue weighted by Crippen LogP contribution is -1.99. The molecule has 24 heavy (non-hydrogen) atoms. The molecule has 126 valence electrons. The summed E-state index contributed by atoms with van der Waals surface area (Å²) in [7, 11) is 0. The molecule has 1 heterocycles. The van der Waals surface area contributed by atoms with Crippen LogP contribution in [0.5, 0.6) is 11.5 Å². The summed E-state index contributed by atoms with van der Waals surface area (Å²) in [6.07, 6.45) is 1.67. The number of aromatic nitrogens is 2. The second-order valence-corrected chi connectivity index (χ2v) is 6.64. The summed E-state index contributed by atoms with van der Waals surface area (Å²) in [5.74, 6) is 0.559. The summed E-state index contributed by atoms with van der Waals surface area (Å²) in [5, 5.41) is 0.915. The Hall–Kier alpha value is -1.21. The minimum absolute atomic E-state index is 0.160. The van der Waals surface area contributed by atoms with Crippen molar-refractivity contribution in [3.8, 4) is 11.5 Å². The third-order valence-corrected chi connectivity index (χ3v) is 4.97. The quantitative estimate of drug-likeness (QED) is 0.439. The fraction of sp³-hybridized carbons (Fsp3) is 0.133. The Balaban J connectivity index is 2.10. The number of hydrogen-bond donors (Lipinski definition) is 0. The fourth-order valence-corrected chi connectivity index (χ4v) is 3.26. The van der Waals surface area contributed by atoms with E-state index >= 15 is 0 Å². The van der Waals surface area contributed by atoms with Gasteiger partial charge in [0.1, 0.15) is 16.5 Å². The maximum atomic E-state index is 13.3. The Bertz CT molecular complexity index is 917. The van der Waals surface area contributed by atoms with Gasteiger partial charge in [-0.2, -0.15) is 8.78 Å². The van der Waals surface area contributed by atoms with Crippen molar-refractivity contribution >= 4 is 57.6 Å². The number of halogens is 5. The number of imidazole rings is 1. The second kappa shape index (κ2) is 6.96. The van der Waals surface area contributed by atoms with E-state index in [9.17, 15) is 8.78 Å². The SMILES string of the molecule is CSc1nc2cc(Oc3cccc(Cl)c3Cl)c(Cl)cc2n1C(F)[18F]. The Morgan fingerprint density at radius 1 is 1.12 bits per heavy atom. The van der Waals surface area contributed by atoms with Crippen molar-refractivity contribution in [1.29, 1.82) is 0 Å². The largest absolute Gasteiger partial charge is 0.454 e. The van der Waals surface area contributed by atoms with E-state index in [0.717, 1.165) is 16.3 Å². The van der Waals surface area contributed by atoms with Crippen molar-refractivity contribution in [3.63, 3.8) is 0 Å². The van der Waals surface area contributed by atoms with Crippen LogP contribution in [-0.2, 0) is 0 Å². The summed E-state index contributed by atoms with van der Waals surface area (Å²) in [6, 6.07) is 7.81. The van der Waals surface area contributed by atoms with Crippen molar-refractivity contribution in [2.24, 2.45) is 0 Å². The maximum Gasteiger partial charge on any atom is 0.321 e. The Morgan fingerprint density at radius 2 is 1.88 bits per heavy atom.